The summed E-state index contributed by atoms with van der Waals surface area (Å²) in [5.74, 6) is 1.93. The van der Waals surface area contributed by atoms with Crippen LogP contribution >= 0.6 is 50.9 Å². The maximum Gasteiger partial charge on any atom is 0.243 e. The molecule has 1 N–H and O–H groups in total. The zero-order valence-electron chi connectivity index (χ0n) is 9.83. The van der Waals surface area contributed by atoms with Gasteiger partial charge in [0.1, 0.15) is 4.90 Å². The van der Waals surface area contributed by atoms with Crippen LogP contribution in [0.1, 0.15) is 12.8 Å². The molecular formula is C11H12BrCl2NO2S2. The van der Waals surface area contributed by atoms with E-state index in [1.165, 1.54) is 12.1 Å². The lowest BCUT2D eigenvalue weighted by Gasteiger charge is -2.23. The van der Waals surface area contributed by atoms with Crippen molar-refractivity contribution in [2.24, 2.45) is 0 Å². The van der Waals surface area contributed by atoms with Crippen molar-refractivity contribution in [3.63, 3.8) is 0 Å². The van der Waals surface area contributed by atoms with E-state index in [2.05, 4.69) is 20.7 Å². The number of rotatable bonds is 3. The van der Waals surface area contributed by atoms with Gasteiger partial charge in [0.2, 0.25) is 10.0 Å². The fraction of sp³-hybridized carbons (Fsp3) is 0.455. The van der Waals surface area contributed by atoms with Gasteiger partial charge in [0.05, 0.1) is 10.0 Å². The quantitative estimate of drug-likeness (QED) is 0.829. The standard InChI is InChI=1S/C11H12BrCl2NO2S2/c12-7-5-9(13)11(10(14)6-7)19(16,17)15-8-1-3-18-4-2-8/h5-6,8,15H,1-4H2. The molecule has 19 heavy (non-hydrogen) atoms. The SMILES string of the molecule is O=S(=O)(NC1CCSCC1)c1c(Cl)cc(Br)cc1Cl. The molecule has 0 aliphatic carbocycles. The molecule has 0 aromatic heterocycles. The number of thioether (sulfide) groups is 1. The molecule has 106 valence electrons. The average Bonchev–Trinajstić information content (AvgIpc) is 2.27. The normalized spacial score (nSPS) is 17.6. The first kappa shape index (κ1) is 15.9. The first-order valence-corrected chi connectivity index (χ1v) is 9.83. The van der Waals surface area contributed by atoms with E-state index < -0.39 is 10.0 Å². The minimum atomic E-state index is -3.68. The lowest BCUT2D eigenvalue weighted by Crippen LogP contribution is -2.37. The number of hydrogen-bond acceptors (Lipinski definition) is 3. The number of hydrogen-bond donors (Lipinski definition) is 1. The molecule has 1 heterocycles. The largest absolute Gasteiger partial charge is 0.243 e. The smallest absolute Gasteiger partial charge is 0.208 e. The summed E-state index contributed by atoms with van der Waals surface area (Å²) < 4.78 is 28.0. The van der Waals surface area contributed by atoms with Gasteiger partial charge in [-0.2, -0.15) is 11.8 Å². The highest BCUT2D eigenvalue weighted by atomic mass is 79.9. The second kappa shape index (κ2) is 6.54. The van der Waals surface area contributed by atoms with E-state index in [-0.39, 0.29) is 21.0 Å². The van der Waals surface area contributed by atoms with Crippen molar-refractivity contribution in [2.45, 2.75) is 23.8 Å². The molecule has 0 spiro atoms. The number of halogens is 3. The highest BCUT2D eigenvalue weighted by Gasteiger charge is 2.26. The molecule has 1 aromatic rings. The highest BCUT2D eigenvalue weighted by molar-refractivity contribution is 9.10. The molecule has 1 fully saturated rings. The summed E-state index contributed by atoms with van der Waals surface area (Å²) in [6.45, 7) is 0. The van der Waals surface area contributed by atoms with Crippen LogP contribution in [0.2, 0.25) is 10.0 Å². The van der Waals surface area contributed by atoms with Gasteiger partial charge in [-0.05, 0) is 36.5 Å². The van der Waals surface area contributed by atoms with Crippen LogP contribution in [0.25, 0.3) is 0 Å². The van der Waals surface area contributed by atoms with Crippen LogP contribution in [0, 0.1) is 0 Å². The number of benzene rings is 1. The third-order valence-corrected chi connectivity index (χ3v) is 6.72. The van der Waals surface area contributed by atoms with Crippen LogP contribution in [0.15, 0.2) is 21.5 Å². The third kappa shape index (κ3) is 4.02. The summed E-state index contributed by atoms with van der Waals surface area (Å²) in [5.41, 5.74) is 0. The molecule has 1 aliphatic rings. The minimum Gasteiger partial charge on any atom is -0.208 e. The molecule has 0 atom stereocenters. The Labute approximate surface area is 135 Å². The van der Waals surface area contributed by atoms with E-state index in [4.69, 9.17) is 23.2 Å². The molecule has 1 aliphatic heterocycles. The summed E-state index contributed by atoms with van der Waals surface area (Å²) in [7, 11) is -3.68. The fourth-order valence-corrected chi connectivity index (χ4v) is 6.23. The van der Waals surface area contributed by atoms with Gasteiger partial charge in [-0.3, -0.25) is 0 Å². The Bertz CT molecular complexity index is 551. The summed E-state index contributed by atoms with van der Waals surface area (Å²) in [4.78, 5) is -0.0442. The van der Waals surface area contributed by atoms with E-state index in [9.17, 15) is 8.42 Å². The van der Waals surface area contributed by atoms with Crippen molar-refractivity contribution in [3.8, 4) is 0 Å². The lowest BCUT2D eigenvalue weighted by molar-refractivity contribution is 0.529. The van der Waals surface area contributed by atoms with Crippen molar-refractivity contribution in [3.05, 3.63) is 26.7 Å². The maximum atomic E-state index is 12.4. The zero-order valence-corrected chi connectivity index (χ0v) is 14.6. The van der Waals surface area contributed by atoms with Gasteiger partial charge >= 0.3 is 0 Å². The van der Waals surface area contributed by atoms with Gasteiger partial charge in [-0.25, -0.2) is 13.1 Å². The van der Waals surface area contributed by atoms with Crippen molar-refractivity contribution in [1.29, 1.82) is 0 Å². The summed E-state index contributed by atoms with van der Waals surface area (Å²) >= 11 is 17.1. The molecular weight excluding hydrogens is 393 g/mol. The Morgan fingerprint density at radius 2 is 1.74 bits per heavy atom. The Morgan fingerprint density at radius 1 is 1.21 bits per heavy atom. The number of sulfonamides is 1. The molecule has 0 saturated carbocycles. The van der Waals surface area contributed by atoms with Gasteiger partial charge in [0.15, 0.2) is 0 Å². The molecule has 0 radical (unpaired) electrons. The fourth-order valence-electron chi connectivity index (χ4n) is 1.88. The second-order valence-electron chi connectivity index (χ2n) is 4.21. The molecule has 1 aromatic carbocycles. The van der Waals surface area contributed by atoms with Crippen molar-refractivity contribution >= 4 is 60.9 Å². The van der Waals surface area contributed by atoms with Crippen LogP contribution < -0.4 is 4.72 Å². The van der Waals surface area contributed by atoms with Gasteiger partial charge < -0.3 is 0 Å². The molecule has 2 rings (SSSR count). The van der Waals surface area contributed by atoms with E-state index in [0.717, 1.165) is 24.3 Å². The van der Waals surface area contributed by atoms with Crippen LogP contribution in [0.3, 0.4) is 0 Å². The van der Waals surface area contributed by atoms with E-state index in [1.54, 1.807) is 0 Å². The third-order valence-electron chi connectivity index (χ3n) is 2.77. The van der Waals surface area contributed by atoms with Crippen molar-refractivity contribution < 1.29 is 8.42 Å². The molecule has 0 unspecified atom stereocenters. The molecule has 8 heteroatoms. The Morgan fingerprint density at radius 3 is 2.26 bits per heavy atom. The Kier molecular flexibility index (Phi) is 5.48. The molecule has 0 bridgehead atoms. The average molecular weight is 405 g/mol. The van der Waals surface area contributed by atoms with Gasteiger partial charge in [0, 0.05) is 10.5 Å². The predicted octanol–water partition coefficient (Wildman–Crippen LogP) is 3.93. The van der Waals surface area contributed by atoms with E-state index >= 15 is 0 Å². The summed E-state index contributed by atoms with van der Waals surface area (Å²) in [6, 6.07) is 3.01. The topological polar surface area (TPSA) is 46.2 Å². The van der Waals surface area contributed by atoms with Gasteiger partial charge in [-0.15, -0.1) is 0 Å². The van der Waals surface area contributed by atoms with E-state index in [0.29, 0.717) is 4.47 Å². The van der Waals surface area contributed by atoms with Crippen LogP contribution in [-0.2, 0) is 10.0 Å². The summed E-state index contributed by atoms with van der Waals surface area (Å²) in [6.07, 6.45) is 1.66. The van der Waals surface area contributed by atoms with Crippen molar-refractivity contribution in [2.75, 3.05) is 11.5 Å². The van der Waals surface area contributed by atoms with Gasteiger partial charge in [0.25, 0.3) is 0 Å². The monoisotopic (exact) mass is 403 g/mol. The van der Waals surface area contributed by atoms with Crippen molar-refractivity contribution in [1.82, 2.24) is 4.72 Å². The molecule has 3 nitrogen and oxygen atoms in total. The summed E-state index contributed by atoms with van der Waals surface area (Å²) in [5, 5.41) is 0.245. The van der Waals surface area contributed by atoms with E-state index in [1.807, 2.05) is 11.8 Å². The number of nitrogens with one attached hydrogen (secondary N) is 1. The minimum absolute atomic E-state index is 0.0398. The first-order valence-electron chi connectivity index (χ1n) is 5.65. The lowest BCUT2D eigenvalue weighted by atomic mass is 10.2. The predicted molar refractivity (Wildman–Crippen MR) is 84.8 cm³/mol. The molecule has 1 saturated heterocycles. The second-order valence-corrected chi connectivity index (χ2v) is 8.81. The van der Waals surface area contributed by atoms with Gasteiger partial charge in [-0.1, -0.05) is 39.1 Å². The molecule has 0 amide bonds. The zero-order chi connectivity index (χ0) is 14.0. The first-order chi connectivity index (χ1) is 8.90. The van der Waals surface area contributed by atoms with Crippen LogP contribution in [0.4, 0.5) is 0 Å². The highest BCUT2D eigenvalue weighted by Crippen LogP contribution is 2.33. The Hall–Kier alpha value is 0.540. The maximum absolute atomic E-state index is 12.4. The van der Waals surface area contributed by atoms with Crippen LogP contribution in [-0.4, -0.2) is 26.0 Å². The Balaban J connectivity index is 2.29. The van der Waals surface area contributed by atoms with Crippen LogP contribution in [0.5, 0.6) is 0 Å².